The Morgan fingerprint density at radius 2 is 2.05 bits per heavy atom. The van der Waals surface area contributed by atoms with E-state index in [9.17, 15) is 0 Å². The van der Waals surface area contributed by atoms with E-state index >= 15 is 0 Å². The van der Waals surface area contributed by atoms with Gasteiger partial charge in [0.1, 0.15) is 0 Å². The van der Waals surface area contributed by atoms with Crippen molar-refractivity contribution in [3.63, 3.8) is 0 Å². The van der Waals surface area contributed by atoms with Gasteiger partial charge in [0.2, 0.25) is 0 Å². The van der Waals surface area contributed by atoms with E-state index in [1.807, 2.05) is 18.7 Å². The molecule has 2 rings (SSSR count). The molecule has 0 radical (unpaired) electrons. The molecule has 2 aromatic heterocycles. The Morgan fingerprint density at radius 3 is 2.60 bits per heavy atom. The molecule has 2 heterocycles. The fourth-order valence-corrected chi connectivity index (χ4v) is 2.28. The van der Waals surface area contributed by atoms with Crippen molar-refractivity contribution in [2.75, 3.05) is 0 Å². The van der Waals surface area contributed by atoms with Crippen LogP contribution in [0.3, 0.4) is 0 Å². The monoisotopic (exact) mass is 274 g/mol. The summed E-state index contributed by atoms with van der Waals surface area (Å²) in [5.74, 6) is 0. The smallest absolute Gasteiger partial charge is 0.0946 e. The zero-order valence-electron chi connectivity index (χ0n) is 13.0. The summed E-state index contributed by atoms with van der Waals surface area (Å²) < 4.78 is 4.35. The molecule has 0 saturated carbocycles. The Kier molecular flexibility index (Phi) is 4.65. The molecule has 0 aliphatic carbocycles. The van der Waals surface area contributed by atoms with Crippen LogP contribution >= 0.6 is 0 Å². The minimum absolute atomic E-state index is 0.206. The van der Waals surface area contributed by atoms with Crippen molar-refractivity contribution < 1.29 is 0 Å². The quantitative estimate of drug-likeness (QED) is 0.879. The molecule has 1 atom stereocenters. The Morgan fingerprint density at radius 1 is 1.25 bits per heavy atom. The maximum Gasteiger partial charge on any atom is 0.0946 e. The van der Waals surface area contributed by atoms with Gasteiger partial charge in [-0.3, -0.25) is 0 Å². The van der Waals surface area contributed by atoms with Crippen molar-refractivity contribution in [3.05, 3.63) is 42.7 Å². The highest BCUT2D eigenvalue weighted by atomic mass is 15.1. The average molecular weight is 274 g/mol. The molecular weight excluding hydrogens is 248 g/mol. The van der Waals surface area contributed by atoms with Crippen LogP contribution in [0.15, 0.2) is 37.2 Å². The van der Waals surface area contributed by atoms with Gasteiger partial charge in [-0.2, -0.15) is 0 Å². The maximum absolute atomic E-state index is 4.12. The lowest BCUT2D eigenvalue weighted by Gasteiger charge is -2.32. The number of hydrogen-bond donors (Lipinski definition) is 1. The zero-order valence-corrected chi connectivity index (χ0v) is 13.0. The molecule has 0 amide bonds. The topological polar surface area (TPSA) is 34.8 Å². The number of nitrogens with zero attached hydrogens (tertiary/aromatic N) is 3. The molecule has 4 heteroatoms. The molecule has 0 saturated heterocycles. The van der Waals surface area contributed by atoms with Crippen LogP contribution in [0.2, 0.25) is 0 Å². The molecule has 0 aliphatic rings. The van der Waals surface area contributed by atoms with Crippen LogP contribution in [0.4, 0.5) is 0 Å². The highest BCUT2D eigenvalue weighted by Crippen LogP contribution is 2.21. The van der Waals surface area contributed by atoms with Crippen molar-refractivity contribution in [3.8, 4) is 0 Å². The van der Waals surface area contributed by atoms with Gasteiger partial charge in [0.15, 0.2) is 0 Å². The number of rotatable bonds is 6. The Bertz CT molecular complexity index is 505. The summed E-state index contributed by atoms with van der Waals surface area (Å²) in [5.41, 5.74) is 1.55. The van der Waals surface area contributed by atoms with Crippen LogP contribution in [-0.2, 0) is 19.6 Å². The predicted molar refractivity (Wildman–Crippen MR) is 82.4 cm³/mol. The number of imidazole rings is 1. The summed E-state index contributed by atoms with van der Waals surface area (Å²) in [6.45, 7) is 11.9. The minimum atomic E-state index is 0.206. The number of hydrogen-bond acceptors (Lipinski definition) is 2. The second kappa shape index (κ2) is 6.27. The van der Waals surface area contributed by atoms with Crippen LogP contribution in [0.5, 0.6) is 0 Å². The van der Waals surface area contributed by atoms with Gasteiger partial charge in [-0.05, 0) is 24.0 Å². The van der Waals surface area contributed by atoms with Crippen LogP contribution in [0.25, 0.3) is 0 Å². The summed E-state index contributed by atoms with van der Waals surface area (Å²) in [6.07, 6.45) is 10.1. The van der Waals surface area contributed by atoms with Crippen LogP contribution in [-0.4, -0.2) is 20.2 Å². The largest absolute Gasteiger partial charge is 0.354 e. The highest BCUT2D eigenvalue weighted by molar-refractivity contribution is 5.10. The molecule has 1 N–H and O–H groups in total. The lowest BCUT2D eigenvalue weighted by molar-refractivity contribution is 0.240. The normalized spacial score (nSPS) is 13.6. The molecule has 0 spiro atoms. The van der Waals surface area contributed by atoms with E-state index in [2.05, 4.69) is 65.6 Å². The minimum Gasteiger partial charge on any atom is -0.354 e. The first-order valence-electron chi connectivity index (χ1n) is 7.33. The van der Waals surface area contributed by atoms with E-state index in [1.165, 1.54) is 5.56 Å². The van der Waals surface area contributed by atoms with E-state index in [0.717, 1.165) is 19.6 Å². The first-order chi connectivity index (χ1) is 9.49. The standard InChI is InChI=1S/C16H26N4/c1-5-19-8-6-14(11-19)10-18-15(16(2,3)4)12-20-9-7-17-13-20/h6-9,11,13,15,18H,5,10,12H2,1-4H3. The van der Waals surface area contributed by atoms with E-state index in [4.69, 9.17) is 0 Å². The molecule has 1 unspecified atom stereocenters. The fraction of sp³-hybridized carbons (Fsp3) is 0.562. The third kappa shape index (κ3) is 3.97. The molecule has 20 heavy (non-hydrogen) atoms. The lowest BCUT2D eigenvalue weighted by atomic mass is 9.86. The van der Waals surface area contributed by atoms with Crippen molar-refractivity contribution in [1.82, 2.24) is 19.4 Å². The van der Waals surface area contributed by atoms with Gasteiger partial charge in [-0.1, -0.05) is 20.8 Å². The van der Waals surface area contributed by atoms with E-state index in [0.29, 0.717) is 6.04 Å². The van der Waals surface area contributed by atoms with Gasteiger partial charge < -0.3 is 14.5 Å². The van der Waals surface area contributed by atoms with Crippen LogP contribution in [0.1, 0.15) is 33.3 Å². The highest BCUT2D eigenvalue weighted by Gasteiger charge is 2.24. The van der Waals surface area contributed by atoms with Crippen LogP contribution in [0, 0.1) is 5.41 Å². The third-order valence-corrected chi connectivity index (χ3v) is 3.73. The van der Waals surface area contributed by atoms with Gasteiger partial charge in [0.05, 0.1) is 6.33 Å². The summed E-state index contributed by atoms with van der Waals surface area (Å²) in [6, 6.07) is 2.59. The van der Waals surface area contributed by atoms with Gasteiger partial charge in [-0.15, -0.1) is 0 Å². The molecule has 0 aliphatic heterocycles. The number of nitrogens with one attached hydrogen (secondary N) is 1. The molecule has 110 valence electrons. The Balaban J connectivity index is 1.97. The zero-order chi connectivity index (χ0) is 14.6. The van der Waals surface area contributed by atoms with Gasteiger partial charge in [-0.25, -0.2) is 4.98 Å². The van der Waals surface area contributed by atoms with Crippen molar-refractivity contribution in [2.45, 2.75) is 53.4 Å². The van der Waals surface area contributed by atoms with Crippen LogP contribution < -0.4 is 5.32 Å². The molecule has 0 bridgehead atoms. The summed E-state index contributed by atoms with van der Waals surface area (Å²) in [7, 11) is 0. The van der Waals surface area contributed by atoms with E-state index in [-0.39, 0.29) is 5.41 Å². The summed E-state index contributed by atoms with van der Waals surface area (Å²) in [4.78, 5) is 4.12. The van der Waals surface area contributed by atoms with E-state index < -0.39 is 0 Å². The molecular formula is C16H26N4. The second-order valence-corrected chi connectivity index (χ2v) is 6.41. The van der Waals surface area contributed by atoms with E-state index in [1.54, 1.807) is 0 Å². The van der Waals surface area contributed by atoms with Gasteiger partial charge >= 0.3 is 0 Å². The molecule has 4 nitrogen and oxygen atoms in total. The Hall–Kier alpha value is -1.55. The SMILES string of the molecule is CCn1ccc(CNC(Cn2ccnc2)C(C)(C)C)c1. The average Bonchev–Trinajstić information content (AvgIpc) is 3.04. The Labute approximate surface area is 121 Å². The lowest BCUT2D eigenvalue weighted by Crippen LogP contribution is -2.42. The molecule has 2 aromatic rings. The summed E-state index contributed by atoms with van der Waals surface area (Å²) >= 11 is 0. The maximum atomic E-state index is 4.12. The van der Waals surface area contributed by atoms with Crippen molar-refractivity contribution in [1.29, 1.82) is 0 Å². The first kappa shape index (κ1) is 14.9. The third-order valence-electron chi connectivity index (χ3n) is 3.73. The first-order valence-corrected chi connectivity index (χ1v) is 7.33. The van der Waals surface area contributed by atoms with Crippen molar-refractivity contribution in [2.24, 2.45) is 5.41 Å². The molecule has 0 aromatic carbocycles. The second-order valence-electron chi connectivity index (χ2n) is 6.41. The van der Waals surface area contributed by atoms with Gasteiger partial charge in [0.25, 0.3) is 0 Å². The fourth-order valence-electron chi connectivity index (χ4n) is 2.28. The molecule has 0 fully saturated rings. The number of aryl methyl sites for hydroxylation is 1. The van der Waals surface area contributed by atoms with Gasteiger partial charge in [0, 0.05) is 50.5 Å². The predicted octanol–water partition coefficient (Wildman–Crippen LogP) is 2.91. The number of aromatic nitrogens is 3. The summed E-state index contributed by atoms with van der Waals surface area (Å²) in [5, 5.41) is 3.69. The van der Waals surface area contributed by atoms with Crippen molar-refractivity contribution >= 4 is 0 Å².